The molecular weight excluding hydrogens is 342 g/mol. The second-order valence-corrected chi connectivity index (χ2v) is 6.16. The van der Waals surface area contributed by atoms with Crippen molar-refractivity contribution >= 4 is 23.7 Å². The Morgan fingerprint density at radius 1 is 1.00 bits per heavy atom. The molecule has 3 nitrogen and oxygen atoms in total. The van der Waals surface area contributed by atoms with Crippen LogP contribution >= 0.6 is 23.7 Å². The maximum absolute atomic E-state index is 6.34. The van der Waals surface area contributed by atoms with Crippen LogP contribution in [0.1, 0.15) is 22.0 Å². The molecule has 24 heavy (non-hydrogen) atoms. The smallest absolute Gasteiger partial charge is 0.162 e. The molecule has 3 rings (SSSR count). The van der Waals surface area contributed by atoms with E-state index < -0.39 is 0 Å². The molecule has 3 aromatic rings. The molecule has 0 fully saturated rings. The van der Waals surface area contributed by atoms with Crippen molar-refractivity contribution < 1.29 is 9.47 Å². The van der Waals surface area contributed by atoms with Gasteiger partial charge in [-0.05, 0) is 34.7 Å². The zero-order valence-corrected chi connectivity index (χ0v) is 15.0. The Morgan fingerprint density at radius 2 is 1.79 bits per heavy atom. The van der Waals surface area contributed by atoms with E-state index in [1.54, 1.807) is 18.4 Å². The normalized spacial score (nSPS) is 11.4. The summed E-state index contributed by atoms with van der Waals surface area (Å²) in [5.74, 6) is 1.42. The predicted octanol–water partition coefficient (Wildman–Crippen LogP) is 4.81. The Morgan fingerprint density at radius 3 is 2.46 bits per heavy atom. The lowest BCUT2D eigenvalue weighted by atomic mass is 10.1. The van der Waals surface area contributed by atoms with E-state index in [0.717, 1.165) is 16.0 Å². The van der Waals surface area contributed by atoms with Gasteiger partial charge >= 0.3 is 0 Å². The van der Waals surface area contributed by atoms with E-state index in [1.165, 1.54) is 0 Å². The van der Waals surface area contributed by atoms with Crippen molar-refractivity contribution in [2.24, 2.45) is 5.73 Å². The summed E-state index contributed by atoms with van der Waals surface area (Å²) in [7, 11) is 1.64. The van der Waals surface area contributed by atoms with Gasteiger partial charge in [-0.15, -0.1) is 23.7 Å². The molecule has 126 valence electrons. The summed E-state index contributed by atoms with van der Waals surface area (Å²) in [5.41, 5.74) is 8.47. The molecule has 2 aromatic carbocycles. The summed E-state index contributed by atoms with van der Waals surface area (Å²) < 4.78 is 11.3. The largest absolute Gasteiger partial charge is 0.493 e. The molecule has 0 saturated carbocycles. The van der Waals surface area contributed by atoms with Crippen LogP contribution in [-0.2, 0) is 6.61 Å². The van der Waals surface area contributed by atoms with Crippen LogP contribution in [0.5, 0.6) is 11.5 Å². The predicted molar refractivity (Wildman–Crippen MR) is 101 cm³/mol. The van der Waals surface area contributed by atoms with E-state index in [4.69, 9.17) is 15.2 Å². The maximum Gasteiger partial charge on any atom is 0.162 e. The highest BCUT2D eigenvalue weighted by molar-refractivity contribution is 7.10. The molecule has 1 aromatic heterocycles. The Kier molecular flexibility index (Phi) is 6.67. The molecular formula is C19H20ClNO2S. The third kappa shape index (κ3) is 4.29. The van der Waals surface area contributed by atoms with Gasteiger partial charge in [0.15, 0.2) is 11.5 Å². The van der Waals surface area contributed by atoms with Gasteiger partial charge in [0.2, 0.25) is 0 Å². The highest BCUT2D eigenvalue weighted by Crippen LogP contribution is 2.33. The van der Waals surface area contributed by atoms with Crippen LogP contribution in [0.3, 0.4) is 0 Å². The van der Waals surface area contributed by atoms with Gasteiger partial charge in [-0.25, -0.2) is 0 Å². The fourth-order valence-corrected chi connectivity index (χ4v) is 3.12. The van der Waals surface area contributed by atoms with Crippen LogP contribution in [0, 0.1) is 0 Å². The Bertz CT molecular complexity index is 747. The monoisotopic (exact) mass is 361 g/mol. The third-order valence-corrected chi connectivity index (χ3v) is 4.59. The lowest BCUT2D eigenvalue weighted by Gasteiger charge is -2.15. The van der Waals surface area contributed by atoms with Crippen molar-refractivity contribution in [3.8, 4) is 11.5 Å². The molecule has 0 unspecified atom stereocenters. The van der Waals surface area contributed by atoms with Gasteiger partial charge in [-0.1, -0.05) is 42.5 Å². The van der Waals surface area contributed by atoms with Crippen molar-refractivity contribution in [2.75, 3.05) is 7.11 Å². The Labute approximate surface area is 152 Å². The minimum absolute atomic E-state index is 0. The van der Waals surface area contributed by atoms with Crippen LogP contribution in [0.4, 0.5) is 0 Å². The van der Waals surface area contributed by atoms with Crippen molar-refractivity contribution in [1.82, 2.24) is 0 Å². The van der Waals surface area contributed by atoms with E-state index in [-0.39, 0.29) is 18.4 Å². The molecule has 0 radical (unpaired) electrons. The van der Waals surface area contributed by atoms with Crippen LogP contribution < -0.4 is 15.2 Å². The molecule has 0 amide bonds. The van der Waals surface area contributed by atoms with Crippen molar-refractivity contribution in [3.63, 3.8) is 0 Å². The van der Waals surface area contributed by atoms with Crippen molar-refractivity contribution in [1.29, 1.82) is 0 Å². The molecule has 2 N–H and O–H groups in total. The van der Waals surface area contributed by atoms with E-state index in [9.17, 15) is 0 Å². The minimum atomic E-state index is -0.153. The first-order chi connectivity index (χ1) is 11.3. The van der Waals surface area contributed by atoms with Crippen molar-refractivity contribution in [3.05, 3.63) is 82.0 Å². The van der Waals surface area contributed by atoms with Gasteiger partial charge in [0, 0.05) is 4.88 Å². The Balaban J connectivity index is 0.00000208. The van der Waals surface area contributed by atoms with Gasteiger partial charge < -0.3 is 15.2 Å². The number of thiophene rings is 1. The zero-order valence-electron chi connectivity index (χ0n) is 13.3. The lowest BCUT2D eigenvalue weighted by Crippen LogP contribution is -2.10. The van der Waals surface area contributed by atoms with Gasteiger partial charge in [0.05, 0.1) is 13.2 Å². The average Bonchev–Trinajstić information content (AvgIpc) is 3.14. The van der Waals surface area contributed by atoms with E-state index in [2.05, 4.69) is 0 Å². The first kappa shape index (κ1) is 18.3. The molecule has 0 aliphatic rings. The molecule has 0 aliphatic carbocycles. The van der Waals surface area contributed by atoms with Crippen molar-refractivity contribution in [2.45, 2.75) is 12.6 Å². The molecule has 1 heterocycles. The maximum atomic E-state index is 6.34. The van der Waals surface area contributed by atoms with Gasteiger partial charge in [-0.2, -0.15) is 0 Å². The number of rotatable bonds is 6. The fourth-order valence-electron chi connectivity index (χ4n) is 2.37. The topological polar surface area (TPSA) is 44.5 Å². The number of nitrogens with two attached hydrogens (primary N) is 1. The first-order valence-corrected chi connectivity index (χ1v) is 8.29. The first-order valence-electron chi connectivity index (χ1n) is 7.41. The standard InChI is InChI=1S/C19H19NO2S.ClH/c1-21-16-10-9-15(19(20)18-8-5-11-23-18)12-17(16)22-13-14-6-3-2-4-7-14;/h2-12,19H,13,20H2,1H3;1H/t19-;/m1./s1. The number of ether oxygens (including phenoxy) is 2. The molecule has 1 atom stereocenters. The van der Waals surface area contributed by atoms with E-state index in [0.29, 0.717) is 18.1 Å². The minimum Gasteiger partial charge on any atom is -0.493 e. The number of benzene rings is 2. The van der Waals surface area contributed by atoms with Gasteiger partial charge in [0.25, 0.3) is 0 Å². The summed E-state index contributed by atoms with van der Waals surface area (Å²) >= 11 is 1.65. The molecule has 0 spiro atoms. The van der Waals surface area contributed by atoms with Crippen LogP contribution in [0.15, 0.2) is 66.0 Å². The summed E-state index contributed by atoms with van der Waals surface area (Å²) in [6, 6.07) is 19.8. The quantitative estimate of drug-likeness (QED) is 0.685. The summed E-state index contributed by atoms with van der Waals surface area (Å²) in [6.07, 6.45) is 0. The third-order valence-electron chi connectivity index (χ3n) is 3.63. The lowest BCUT2D eigenvalue weighted by molar-refractivity contribution is 0.284. The average molecular weight is 362 g/mol. The van der Waals surface area contributed by atoms with Gasteiger partial charge in [-0.3, -0.25) is 0 Å². The van der Waals surface area contributed by atoms with Crippen LogP contribution in [0.2, 0.25) is 0 Å². The van der Waals surface area contributed by atoms with Crippen LogP contribution in [-0.4, -0.2) is 7.11 Å². The number of halogens is 1. The zero-order chi connectivity index (χ0) is 16.1. The van der Waals surface area contributed by atoms with E-state index in [1.807, 2.05) is 66.0 Å². The molecule has 5 heteroatoms. The Hall–Kier alpha value is -2.01. The SMILES string of the molecule is COc1ccc([C@@H](N)c2cccs2)cc1OCc1ccccc1.Cl. The van der Waals surface area contributed by atoms with E-state index >= 15 is 0 Å². The second-order valence-electron chi connectivity index (χ2n) is 5.18. The van der Waals surface area contributed by atoms with Gasteiger partial charge in [0.1, 0.15) is 6.61 Å². The number of hydrogen-bond acceptors (Lipinski definition) is 4. The second kappa shape index (κ2) is 8.73. The molecule has 0 aliphatic heterocycles. The molecule has 0 saturated heterocycles. The summed E-state index contributed by atoms with van der Waals surface area (Å²) in [5, 5.41) is 2.03. The number of methoxy groups -OCH3 is 1. The highest BCUT2D eigenvalue weighted by atomic mass is 35.5. The summed E-state index contributed by atoms with van der Waals surface area (Å²) in [4.78, 5) is 1.13. The van der Waals surface area contributed by atoms with Crippen LogP contribution in [0.25, 0.3) is 0 Å². The summed E-state index contributed by atoms with van der Waals surface area (Å²) in [6.45, 7) is 0.495. The highest BCUT2D eigenvalue weighted by Gasteiger charge is 2.13. The molecule has 0 bridgehead atoms. The fraction of sp³-hybridized carbons (Fsp3) is 0.158. The number of hydrogen-bond donors (Lipinski definition) is 1.